The van der Waals surface area contributed by atoms with Crippen LogP contribution in [-0.2, 0) is 11.2 Å². The van der Waals surface area contributed by atoms with Crippen LogP contribution in [0, 0.1) is 0 Å². The molecule has 3 amide bonds. The van der Waals surface area contributed by atoms with Gasteiger partial charge in [0.2, 0.25) is 5.91 Å². The summed E-state index contributed by atoms with van der Waals surface area (Å²) in [6.07, 6.45) is 0.597. The number of fused-ring (bicyclic) bond motifs is 2. The van der Waals surface area contributed by atoms with E-state index < -0.39 is 17.9 Å². The van der Waals surface area contributed by atoms with Gasteiger partial charge in [-0.3, -0.25) is 19.3 Å². The molecule has 3 aromatic rings. The van der Waals surface area contributed by atoms with Crippen molar-refractivity contribution in [1.29, 1.82) is 0 Å². The van der Waals surface area contributed by atoms with Crippen molar-refractivity contribution in [2.24, 2.45) is 0 Å². The molecule has 1 aliphatic heterocycles. The number of hydrogen-bond acceptors (Lipinski definition) is 5. The van der Waals surface area contributed by atoms with Crippen molar-refractivity contribution in [2.45, 2.75) is 19.4 Å². The Morgan fingerprint density at radius 1 is 1.07 bits per heavy atom. The molecule has 0 radical (unpaired) electrons. The van der Waals surface area contributed by atoms with E-state index in [0.29, 0.717) is 24.1 Å². The van der Waals surface area contributed by atoms with Crippen LogP contribution in [-0.4, -0.2) is 40.2 Å². The maximum atomic E-state index is 12.5. The molecule has 0 saturated carbocycles. The highest BCUT2D eigenvalue weighted by Gasteiger charge is 2.40. The lowest BCUT2D eigenvalue weighted by atomic mass is 10.1. The van der Waals surface area contributed by atoms with Crippen LogP contribution in [0.3, 0.4) is 0 Å². The molecule has 27 heavy (non-hydrogen) atoms. The monoisotopic (exact) mass is 379 g/mol. The van der Waals surface area contributed by atoms with E-state index in [1.54, 1.807) is 42.5 Å². The van der Waals surface area contributed by atoms with E-state index in [2.05, 4.69) is 10.3 Å². The zero-order valence-corrected chi connectivity index (χ0v) is 15.5. The zero-order chi connectivity index (χ0) is 19.0. The summed E-state index contributed by atoms with van der Waals surface area (Å²) in [4.78, 5) is 42.9. The molecule has 1 aliphatic rings. The summed E-state index contributed by atoms with van der Waals surface area (Å²) in [6, 6.07) is 13.6. The molecule has 1 unspecified atom stereocenters. The van der Waals surface area contributed by atoms with E-state index in [-0.39, 0.29) is 5.91 Å². The van der Waals surface area contributed by atoms with Crippen LogP contribution in [0.4, 0.5) is 0 Å². The predicted octanol–water partition coefficient (Wildman–Crippen LogP) is 2.64. The van der Waals surface area contributed by atoms with Crippen LogP contribution in [0.5, 0.6) is 0 Å². The lowest BCUT2D eigenvalue weighted by molar-refractivity contribution is -0.124. The fraction of sp³-hybridized carbons (Fsp3) is 0.200. The van der Waals surface area contributed by atoms with Crippen molar-refractivity contribution in [3.05, 3.63) is 64.7 Å². The van der Waals surface area contributed by atoms with Gasteiger partial charge in [-0.05, 0) is 31.2 Å². The first kappa shape index (κ1) is 17.4. The summed E-state index contributed by atoms with van der Waals surface area (Å²) in [5.74, 6) is -1.21. The first-order chi connectivity index (χ1) is 13.1. The van der Waals surface area contributed by atoms with Crippen molar-refractivity contribution in [1.82, 2.24) is 15.2 Å². The second-order valence-corrected chi connectivity index (χ2v) is 7.43. The summed E-state index contributed by atoms with van der Waals surface area (Å²) in [6.45, 7) is 1.96. The van der Waals surface area contributed by atoms with Crippen LogP contribution < -0.4 is 5.32 Å². The van der Waals surface area contributed by atoms with Crippen molar-refractivity contribution >= 4 is 39.3 Å². The number of amides is 3. The third-order valence-corrected chi connectivity index (χ3v) is 5.66. The molecule has 2 heterocycles. The normalized spacial score (nSPS) is 14.5. The number of para-hydroxylation sites is 1. The standard InChI is InChI=1S/C20H17N3O3S/c1-12(23-19(25)13-6-2-3-7-14(13)20(23)26)18(24)21-11-10-17-22-15-8-4-5-9-16(15)27-17/h2-9,12H,10-11H2,1H3,(H,21,24). The molecule has 136 valence electrons. The van der Waals surface area contributed by atoms with Gasteiger partial charge in [0.15, 0.2) is 0 Å². The fourth-order valence-corrected chi connectivity index (χ4v) is 4.11. The Morgan fingerprint density at radius 2 is 1.70 bits per heavy atom. The molecule has 0 spiro atoms. The van der Waals surface area contributed by atoms with E-state index in [4.69, 9.17) is 0 Å². The minimum absolute atomic E-state index is 0.344. The van der Waals surface area contributed by atoms with Crippen LogP contribution in [0.1, 0.15) is 32.6 Å². The van der Waals surface area contributed by atoms with Gasteiger partial charge in [0.1, 0.15) is 6.04 Å². The minimum atomic E-state index is -0.868. The van der Waals surface area contributed by atoms with E-state index in [1.807, 2.05) is 24.3 Å². The van der Waals surface area contributed by atoms with Gasteiger partial charge < -0.3 is 5.32 Å². The molecule has 0 aliphatic carbocycles. The zero-order valence-electron chi connectivity index (χ0n) is 14.6. The Hall–Kier alpha value is -3.06. The van der Waals surface area contributed by atoms with Gasteiger partial charge in [-0.1, -0.05) is 24.3 Å². The fourth-order valence-electron chi connectivity index (χ4n) is 3.14. The molecule has 0 bridgehead atoms. The van der Waals surface area contributed by atoms with Gasteiger partial charge in [-0.15, -0.1) is 11.3 Å². The molecule has 2 aromatic carbocycles. The van der Waals surface area contributed by atoms with Gasteiger partial charge in [0, 0.05) is 13.0 Å². The predicted molar refractivity (Wildman–Crippen MR) is 103 cm³/mol. The third kappa shape index (κ3) is 3.10. The lowest BCUT2D eigenvalue weighted by Crippen LogP contribution is -2.48. The molecule has 1 atom stereocenters. The van der Waals surface area contributed by atoms with Gasteiger partial charge >= 0.3 is 0 Å². The second-order valence-electron chi connectivity index (χ2n) is 6.32. The SMILES string of the molecule is CC(C(=O)NCCc1nc2ccccc2s1)N1C(=O)c2ccccc2C1=O. The van der Waals surface area contributed by atoms with E-state index in [9.17, 15) is 14.4 Å². The number of benzene rings is 2. The highest BCUT2D eigenvalue weighted by atomic mass is 32.1. The molecular formula is C20H17N3O3S. The maximum Gasteiger partial charge on any atom is 0.262 e. The van der Waals surface area contributed by atoms with Crippen molar-refractivity contribution in [2.75, 3.05) is 6.54 Å². The molecule has 1 aromatic heterocycles. The number of carbonyl (C=O) groups excluding carboxylic acids is 3. The van der Waals surface area contributed by atoms with Gasteiger partial charge in [-0.25, -0.2) is 4.98 Å². The average molecular weight is 379 g/mol. The van der Waals surface area contributed by atoms with Crippen LogP contribution >= 0.6 is 11.3 Å². The number of nitrogens with one attached hydrogen (secondary N) is 1. The highest BCUT2D eigenvalue weighted by molar-refractivity contribution is 7.18. The van der Waals surface area contributed by atoms with E-state index in [0.717, 1.165) is 20.1 Å². The lowest BCUT2D eigenvalue weighted by Gasteiger charge is -2.21. The summed E-state index contributed by atoms with van der Waals surface area (Å²) in [7, 11) is 0. The molecule has 4 rings (SSSR count). The topological polar surface area (TPSA) is 79.4 Å². The largest absolute Gasteiger partial charge is 0.354 e. The Kier molecular flexibility index (Phi) is 4.45. The van der Waals surface area contributed by atoms with E-state index in [1.165, 1.54) is 0 Å². The van der Waals surface area contributed by atoms with Gasteiger partial charge in [-0.2, -0.15) is 0 Å². The molecule has 0 fully saturated rings. The second kappa shape index (κ2) is 6.92. The van der Waals surface area contributed by atoms with Crippen LogP contribution in [0.2, 0.25) is 0 Å². The molecule has 0 saturated heterocycles. The Balaban J connectivity index is 1.38. The Bertz CT molecular complexity index is 991. The first-order valence-electron chi connectivity index (χ1n) is 8.65. The maximum absolute atomic E-state index is 12.5. The van der Waals surface area contributed by atoms with Crippen molar-refractivity contribution < 1.29 is 14.4 Å². The van der Waals surface area contributed by atoms with Gasteiger partial charge in [0.05, 0.1) is 26.4 Å². The Labute approximate surface area is 159 Å². The minimum Gasteiger partial charge on any atom is -0.354 e. The quantitative estimate of drug-likeness (QED) is 0.691. The molecule has 7 heteroatoms. The summed E-state index contributed by atoms with van der Waals surface area (Å²) >= 11 is 1.59. The number of nitrogens with zero attached hydrogens (tertiary/aromatic N) is 2. The Morgan fingerprint density at radius 3 is 2.37 bits per heavy atom. The molecule has 6 nitrogen and oxygen atoms in total. The average Bonchev–Trinajstić information content (AvgIpc) is 3.20. The smallest absolute Gasteiger partial charge is 0.262 e. The highest BCUT2D eigenvalue weighted by Crippen LogP contribution is 2.24. The number of hydrogen-bond donors (Lipinski definition) is 1. The van der Waals surface area contributed by atoms with Crippen LogP contribution in [0.15, 0.2) is 48.5 Å². The van der Waals surface area contributed by atoms with Gasteiger partial charge in [0.25, 0.3) is 11.8 Å². The summed E-state index contributed by atoms with van der Waals surface area (Å²) < 4.78 is 1.11. The van der Waals surface area contributed by atoms with Crippen molar-refractivity contribution in [3.63, 3.8) is 0 Å². The van der Waals surface area contributed by atoms with E-state index >= 15 is 0 Å². The third-order valence-electron chi connectivity index (χ3n) is 4.57. The number of carbonyl (C=O) groups is 3. The molecular weight excluding hydrogens is 362 g/mol. The number of imide groups is 1. The van der Waals surface area contributed by atoms with Crippen molar-refractivity contribution in [3.8, 4) is 0 Å². The number of rotatable bonds is 5. The molecule has 1 N–H and O–H groups in total. The summed E-state index contributed by atoms with van der Waals surface area (Å²) in [5, 5.41) is 3.74. The van der Waals surface area contributed by atoms with Crippen LogP contribution in [0.25, 0.3) is 10.2 Å². The number of aromatic nitrogens is 1. The first-order valence-corrected chi connectivity index (χ1v) is 9.47. The number of thiazole rings is 1. The summed E-state index contributed by atoms with van der Waals surface area (Å²) in [5.41, 5.74) is 1.64.